The lowest BCUT2D eigenvalue weighted by atomic mass is 10.0. The number of amides is 6. The Hall–Kier alpha value is -5.02. The Balaban J connectivity index is 2.39. The second-order valence-electron chi connectivity index (χ2n) is 13.2. The quantitative estimate of drug-likeness (QED) is 0.0840. The van der Waals surface area contributed by atoms with Crippen molar-refractivity contribution in [1.82, 2.24) is 31.9 Å². The van der Waals surface area contributed by atoms with E-state index in [1.165, 1.54) is 6.92 Å². The number of nitrogens with zero attached hydrogens (tertiary/aromatic N) is 1. The molecule has 1 saturated heterocycles. The van der Waals surface area contributed by atoms with Gasteiger partial charge in [0.05, 0.1) is 12.4 Å². The van der Waals surface area contributed by atoms with Crippen molar-refractivity contribution in [3.63, 3.8) is 0 Å². The zero-order valence-electron chi connectivity index (χ0n) is 29.6. The van der Waals surface area contributed by atoms with E-state index in [0.717, 1.165) is 0 Å². The summed E-state index contributed by atoms with van der Waals surface area (Å²) in [6.45, 7) is 8.11. The normalized spacial score (nSPS) is 21.3. The molecular weight excluding hydrogens is 648 g/mol. The van der Waals surface area contributed by atoms with Crippen molar-refractivity contribution in [2.24, 2.45) is 10.7 Å². The van der Waals surface area contributed by atoms with Gasteiger partial charge in [0, 0.05) is 25.9 Å². The molecule has 8 N–H and O–H groups in total. The van der Waals surface area contributed by atoms with Crippen LogP contribution in [-0.4, -0.2) is 96.7 Å². The third-order valence-electron chi connectivity index (χ3n) is 7.35. The fourth-order valence-electron chi connectivity index (χ4n) is 4.98. The number of hydrogen-bond donors (Lipinski definition) is 7. The number of unbranched alkanes of at least 4 members (excludes halogenated alkanes) is 1. The van der Waals surface area contributed by atoms with Crippen molar-refractivity contribution >= 4 is 47.2 Å². The van der Waals surface area contributed by atoms with Gasteiger partial charge in [-0.25, -0.2) is 4.79 Å². The summed E-state index contributed by atoms with van der Waals surface area (Å²) in [5.41, 5.74) is 5.66. The van der Waals surface area contributed by atoms with Gasteiger partial charge in [0.2, 0.25) is 29.5 Å². The molecule has 0 unspecified atom stereocenters. The van der Waals surface area contributed by atoms with E-state index >= 15 is 0 Å². The average molecular weight is 701 g/mol. The number of benzene rings is 1. The van der Waals surface area contributed by atoms with E-state index < -0.39 is 71.9 Å². The van der Waals surface area contributed by atoms with Crippen molar-refractivity contribution in [2.45, 2.75) is 109 Å². The first-order valence-corrected chi connectivity index (χ1v) is 16.8. The Morgan fingerprint density at radius 3 is 2.02 bits per heavy atom. The van der Waals surface area contributed by atoms with Crippen molar-refractivity contribution in [1.29, 1.82) is 0 Å². The topological polar surface area (TPSA) is 239 Å². The first-order chi connectivity index (χ1) is 23.5. The molecule has 1 aromatic carbocycles. The number of nitrogens with one attached hydrogen (secondary N) is 6. The third-order valence-corrected chi connectivity index (χ3v) is 7.35. The molecule has 1 aromatic rings. The summed E-state index contributed by atoms with van der Waals surface area (Å²) in [7, 11) is 0. The molecule has 6 amide bonds. The van der Waals surface area contributed by atoms with E-state index in [2.05, 4.69) is 36.9 Å². The predicted octanol–water partition coefficient (Wildman–Crippen LogP) is 0.130. The lowest BCUT2D eigenvalue weighted by molar-refractivity contribution is -0.134. The van der Waals surface area contributed by atoms with E-state index in [-0.39, 0.29) is 44.6 Å². The number of hydrogen-bond acceptors (Lipinski definition) is 9. The van der Waals surface area contributed by atoms with E-state index in [1.807, 2.05) is 0 Å². The maximum absolute atomic E-state index is 13.8. The first-order valence-electron chi connectivity index (χ1n) is 16.8. The molecule has 50 heavy (non-hydrogen) atoms. The molecule has 16 nitrogen and oxygen atoms in total. The van der Waals surface area contributed by atoms with Gasteiger partial charge in [0.1, 0.15) is 35.6 Å². The molecule has 2 rings (SSSR count). The zero-order valence-corrected chi connectivity index (χ0v) is 29.6. The van der Waals surface area contributed by atoms with Gasteiger partial charge < -0.3 is 42.4 Å². The van der Waals surface area contributed by atoms with Gasteiger partial charge in [0.25, 0.3) is 0 Å². The number of alkyl carbamates (subject to hydrolysis) is 1. The summed E-state index contributed by atoms with van der Waals surface area (Å²) in [5.74, 6) is -3.57. The van der Waals surface area contributed by atoms with Crippen LogP contribution in [0, 0.1) is 0 Å². The fourth-order valence-corrected chi connectivity index (χ4v) is 4.98. The lowest BCUT2D eigenvalue weighted by Gasteiger charge is -2.26. The maximum Gasteiger partial charge on any atom is 0.407 e. The van der Waals surface area contributed by atoms with Crippen LogP contribution >= 0.6 is 0 Å². The van der Waals surface area contributed by atoms with Crippen LogP contribution in [-0.2, 0) is 39.9 Å². The van der Waals surface area contributed by atoms with Crippen molar-refractivity contribution < 1.29 is 38.3 Å². The molecule has 0 aliphatic carbocycles. The summed E-state index contributed by atoms with van der Waals surface area (Å²) in [6.07, 6.45) is 0.541. The Labute approximate surface area is 292 Å². The molecule has 0 spiro atoms. The van der Waals surface area contributed by atoms with Crippen molar-refractivity contribution in [2.75, 3.05) is 19.6 Å². The average Bonchev–Trinajstić information content (AvgIpc) is 3.02. The van der Waals surface area contributed by atoms with Gasteiger partial charge in [-0.2, -0.15) is 0 Å². The van der Waals surface area contributed by atoms with Crippen LogP contribution in [0.25, 0.3) is 0 Å². The molecular formula is C34H52N8O8. The minimum absolute atomic E-state index is 0.0387. The number of carbonyl (C=O) groups is 7. The highest BCUT2D eigenvalue weighted by atomic mass is 16.6. The van der Waals surface area contributed by atoms with Gasteiger partial charge in [0.15, 0.2) is 0 Å². The molecule has 0 bridgehead atoms. The predicted molar refractivity (Wildman–Crippen MR) is 186 cm³/mol. The van der Waals surface area contributed by atoms with E-state index in [9.17, 15) is 33.6 Å². The third kappa shape index (κ3) is 16.4. The highest BCUT2D eigenvalue weighted by molar-refractivity contribution is 5.98. The van der Waals surface area contributed by atoms with Crippen LogP contribution in [0.1, 0.15) is 78.7 Å². The highest BCUT2D eigenvalue weighted by Crippen LogP contribution is 2.10. The van der Waals surface area contributed by atoms with E-state index in [4.69, 9.17) is 10.5 Å². The van der Waals surface area contributed by atoms with E-state index in [0.29, 0.717) is 30.7 Å². The molecule has 1 heterocycles. The molecule has 4 atom stereocenters. The number of Topliss-reactive ketones (excluding diaryl/α,β-unsaturated/α-hetero) is 1. The van der Waals surface area contributed by atoms with E-state index in [1.54, 1.807) is 58.0 Å². The van der Waals surface area contributed by atoms with Gasteiger partial charge in [-0.15, -0.1) is 0 Å². The number of ether oxygens (including phenoxy) is 1. The number of aliphatic imine (C=N–C) groups is 1. The molecule has 1 aliphatic rings. The fraction of sp³-hybridized carbons (Fsp3) is 0.588. The van der Waals surface area contributed by atoms with Crippen LogP contribution in [0.15, 0.2) is 35.3 Å². The van der Waals surface area contributed by atoms with Crippen molar-refractivity contribution in [3.8, 4) is 0 Å². The molecule has 1 aliphatic heterocycles. The lowest BCUT2D eigenvalue weighted by Crippen LogP contribution is -2.58. The summed E-state index contributed by atoms with van der Waals surface area (Å²) in [6, 6.07) is 4.11. The van der Waals surface area contributed by atoms with Crippen LogP contribution in [0.3, 0.4) is 0 Å². The maximum atomic E-state index is 13.8. The molecule has 0 aromatic heterocycles. The van der Waals surface area contributed by atoms with Gasteiger partial charge in [-0.3, -0.25) is 33.8 Å². The monoisotopic (exact) mass is 700 g/mol. The Morgan fingerprint density at radius 1 is 0.820 bits per heavy atom. The van der Waals surface area contributed by atoms with Crippen molar-refractivity contribution in [3.05, 3.63) is 35.9 Å². The standard InChI is InChI=1S/C34H52N8O8/c1-21(43)18-26-31(47)42-27(19-23-12-7-6-8-13-23)32(48)41-25(14-9-10-16-37-33(49)50-34(3,4)5)30(46)40-24(15-11-17-36-22(2)35)29(45)38-20-28(44)39-26/h6-8,12-13,24-27H,9-11,14-20H2,1-5H3,(H2,35,36)(H,37,49)(H,38,45)(H,39,44)(H,40,46)(H,41,48)(H,42,47)/t24-,25-,26-,27+/m0/s1. The molecule has 276 valence electrons. The smallest absolute Gasteiger partial charge is 0.407 e. The second-order valence-corrected chi connectivity index (χ2v) is 13.2. The number of rotatable bonds is 13. The zero-order chi connectivity index (χ0) is 37.3. The summed E-state index contributed by atoms with van der Waals surface area (Å²) in [4.78, 5) is 95.3. The van der Waals surface area contributed by atoms with Gasteiger partial charge >= 0.3 is 6.09 Å². The van der Waals surface area contributed by atoms with Gasteiger partial charge in [-0.1, -0.05) is 30.3 Å². The first kappa shape index (κ1) is 41.2. The SMILES string of the molecule is CC(=O)C[C@@H]1NC(=O)CNC(=O)[C@H](CCCN=C(C)N)NC(=O)[C@H](CCCCNC(=O)OC(C)(C)C)NC(=O)[C@@H](Cc2ccccc2)NC1=O. The largest absolute Gasteiger partial charge is 0.444 e. The molecule has 1 fully saturated rings. The number of amidine groups is 1. The minimum atomic E-state index is -1.32. The molecule has 0 saturated carbocycles. The number of carbonyl (C=O) groups excluding carboxylic acids is 7. The van der Waals surface area contributed by atoms with Crippen LogP contribution in [0.4, 0.5) is 4.79 Å². The Kier molecular flexibility index (Phi) is 16.9. The summed E-state index contributed by atoms with van der Waals surface area (Å²) >= 11 is 0. The van der Waals surface area contributed by atoms with Crippen LogP contribution in [0.2, 0.25) is 0 Å². The van der Waals surface area contributed by atoms with Crippen LogP contribution in [0.5, 0.6) is 0 Å². The highest BCUT2D eigenvalue weighted by Gasteiger charge is 2.32. The van der Waals surface area contributed by atoms with Crippen LogP contribution < -0.4 is 37.6 Å². The number of nitrogens with two attached hydrogens (primary N) is 1. The minimum Gasteiger partial charge on any atom is -0.444 e. The summed E-state index contributed by atoms with van der Waals surface area (Å²) in [5, 5.41) is 15.7. The second kappa shape index (κ2) is 20.5. The summed E-state index contributed by atoms with van der Waals surface area (Å²) < 4.78 is 5.25. The molecule has 16 heteroatoms. The number of ketones is 1. The van der Waals surface area contributed by atoms with Gasteiger partial charge in [-0.05, 0) is 72.3 Å². The molecule has 0 radical (unpaired) electrons. The Morgan fingerprint density at radius 2 is 1.40 bits per heavy atom. The Bertz CT molecular complexity index is 1370.